The van der Waals surface area contributed by atoms with Crippen LogP contribution in [0.4, 0.5) is 11.6 Å². The number of carbonyl (C=O) groups is 1. The number of Topliss-reactive ketones (excluding diaryl/α,β-unsaturated/α-hetero) is 1. The van der Waals surface area contributed by atoms with Crippen molar-refractivity contribution in [2.75, 3.05) is 11.1 Å². The largest absolute Gasteiger partial charge is 0.384 e. The summed E-state index contributed by atoms with van der Waals surface area (Å²) in [7, 11) is 1.66. The highest BCUT2D eigenvalue weighted by Crippen LogP contribution is 2.29. The molecule has 0 amide bonds. The van der Waals surface area contributed by atoms with Crippen LogP contribution in [0, 0.1) is 0 Å². The Bertz CT molecular complexity index is 1410. The Kier molecular flexibility index (Phi) is 4.47. The molecule has 0 radical (unpaired) electrons. The Morgan fingerprint density at radius 3 is 2.74 bits per heavy atom. The first-order valence-corrected chi connectivity index (χ1v) is 9.92. The number of rotatable bonds is 4. The van der Waals surface area contributed by atoms with Gasteiger partial charge in [-0.2, -0.15) is 0 Å². The summed E-state index contributed by atoms with van der Waals surface area (Å²) in [6.45, 7) is 0.426. The van der Waals surface area contributed by atoms with Crippen LogP contribution in [0.2, 0.25) is 0 Å². The Morgan fingerprint density at radius 2 is 1.90 bits per heavy atom. The quantitative estimate of drug-likeness (QED) is 0.528. The number of hydrogen-bond donors (Lipinski definition) is 2. The summed E-state index contributed by atoms with van der Waals surface area (Å²) < 4.78 is 1.43. The van der Waals surface area contributed by atoms with Crippen molar-refractivity contribution in [1.29, 1.82) is 0 Å². The van der Waals surface area contributed by atoms with Gasteiger partial charge in [-0.25, -0.2) is 15.0 Å². The van der Waals surface area contributed by atoms with Crippen molar-refractivity contribution < 1.29 is 4.79 Å². The van der Waals surface area contributed by atoms with Crippen LogP contribution >= 0.6 is 0 Å². The summed E-state index contributed by atoms with van der Waals surface area (Å²) in [6.07, 6.45) is 4.08. The molecular formula is C23H20N6O2. The van der Waals surface area contributed by atoms with E-state index in [0.29, 0.717) is 47.6 Å². The molecule has 0 spiro atoms. The second kappa shape index (κ2) is 7.32. The number of anilines is 2. The van der Waals surface area contributed by atoms with Crippen LogP contribution in [0.3, 0.4) is 0 Å². The maximum Gasteiger partial charge on any atom is 0.264 e. The molecule has 0 saturated heterocycles. The van der Waals surface area contributed by atoms with E-state index in [2.05, 4.69) is 15.3 Å². The molecule has 31 heavy (non-hydrogen) atoms. The topological polar surface area (TPSA) is 116 Å². The van der Waals surface area contributed by atoms with Crippen LogP contribution in [-0.2, 0) is 31.2 Å². The number of nitrogens with zero attached hydrogens (tertiary/aromatic N) is 4. The zero-order valence-electron chi connectivity index (χ0n) is 16.9. The predicted molar refractivity (Wildman–Crippen MR) is 119 cm³/mol. The van der Waals surface area contributed by atoms with Gasteiger partial charge in [0, 0.05) is 38.2 Å². The number of pyridine rings is 2. The molecule has 1 aromatic carbocycles. The highest BCUT2D eigenvalue weighted by molar-refractivity contribution is 5.92. The van der Waals surface area contributed by atoms with Crippen molar-refractivity contribution in [1.82, 2.24) is 19.5 Å². The predicted octanol–water partition coefficient (Wildman–Crippen LogP) is 2.25. The number of nitrogen functional groups attached to an aromatic ring is 1. The zero-order chi connectivity index (χ0) is 21.5. The van der Waals surface area contributed by atoms with Gasteiger partial charge in [0.2, 0.25) is 0 Å². The number of benzene rings is 1. The Morgan fingerprint density at radius 1 is 1.06 bits per heavy atom. The van der Waals surface area contributed by atoms with Gasteiger partial charge in [0.1, 0.15) is 22.8 Å². The van der Waals surface area contributed by atoms with Crippen molar-refractivity contribution in [3.05, 3.63) is 76.0 Å². The van der Waals surface area contributed by atoms with Gasteiger partial charge in [0.25, 0.3) is 5.56 Å². The highest BCUT2D eigenvalue weighted by atomic mass is 16.1. The van der Waals surface area contributed by atoms with Gasteiger partial charge in [0.05, 0.1) is 17.5 Å². The minimum atomic E-state index is -0.180. The molecule has 0 fully saturated rings. The molecular weight excluding hydrogens is 392 g/mol. The number of aromatic nitrogens is 4. The molecule has 0 aliphatic heterocycles. The smallest absolute Gasteiger partial charge is 0.264 e. The summed E-state index contributed by atoms with van der Waals surface area (Å²) in [5.74, 6) is 1.10. The van der Waals surface area contributed by atoms with Crippen LogP contribution in [0.1, 0.15) is 16.7 Å². The maximum absolute atomic E-state index is 12.8. The van der Waals surface area contributed by atoms with Crippen LogP contribution in [0.25, 0.3) is 22.2 Å². The van der Waals surface area contributed by atoms with Gasteiger partial charge in [-0.3, -0.25) is 9.59 Å². The molecule has 8 nitrogen and oxygen atoms in total. The Labute approximate surface area is 177 Å². The van der Waals surface area contributed by atoms with Crippen LogP contribution in [-0.4, -0.2) is 25.3 Å². The molecule has 0 unspecified atom stereocenters. The first-order valence-electron chi connectivity index (χ1n) is 9.92. The third kappa shape index (κ3) is 3.52. The molecule has 1 aliphatic rings. The van der Waals surface area contributed by atoms with Crippen LogP contribution in [0.15, 0.2) is 53.7 Å². The lowest BCUT2D eigenvalue weighted by Gasteiger charge is -2.12. The minimum Gasteiger partial charge on any atom is -0.384 e. The van der Waals surface area contributed by atoms with E-state index in [-0.39, 0.29) is 11.3 Å². The van der Waals surface area contributed by atoms with Gasteiger partial charge in [0.15, 0.2) is 0 Å². The van der Waals surface area contributed by atoms with Gasteiger partial charge < -0.3 is 15.6 Å². The fraction of sp³-hybridized carbons (Fsp3) is 0.174. The van der Waals surface area contributed by atoms with E-state index in [1.54, 1.807) is 19.3 Å². The van der Waals surface area contributed by atoms with Gasteiger partial charge in [-0.1, -0.05) is 12.1 Å². The molecule has 3 heterocycles. The average Bonchev–Trinajstić information content (AvgIpc) is 3.13. The van der Waals surface area contributed by atoms with E-state index in [9.17, 15) is 9.59 Å². The number of fused-ring (bicyclic) bond motifs is 2. The van der Waals surface area contributed by atoms with Crippen molar-refractivity contribution in [2.45, 2.75) is 19.4 Å². The summed E-state index contributed by atoms with van der Waals surface area (Å²) in [6, 6.07) is 11.4. The fourth-order valence-corrected chi connectivity index (χ4v) is 3.90. The molecule has 0 atom stereocenters. The lowest BCUT2D eigenvalue weighted by molar-refractivity contribution is -0.117. The fourth-order valence-electron chi connectivity index (χ4n) is 3.90. The van der Waals surface area contributed by atoms with Crippen LogP contribution < -0.4 is 16.6 Å². The van der Waals surface area contributed by atoms with E-state index in [1.807, 2.05) is 30.3 Å². The van der Waals surface area contributed by atoms with E-state index in [0.717, 1.165) is 22.3 Å². The number of ketones is 1. The first kappa shape index (κ1) is 18.9. The van der Waals surface area contributed by atoms with E-state index < -0.39 is 0 Å². The van der Waals surface area contributed by atoms with Crippen molar-refractivity contribution >= 4 is 28.3 Å². The zero-order valence-corrected chi connectivity index (χ0v) is 16.9. The summed E-state index contributed by atoms with van der Waals surface area (Å²) in [5.41, 5.74) is 10.7. The second-order valence-electron chi connectivity index (χ2n) is 7.73. The lowest BCUT2D eigenvalue weighted by Crippen LogP contribution is -2.19. The highest BCUT2D eigenvalue weighted by Gasteiger charge is 2.20. The third-order valence-corrected chi connectivity index (χ3v) is 5.49. The van der Waals surface area contributed by atoms with E-state index in [4.69, 9.17) is 10.7 Å². The summed E-state index contributed by atoms with van der Waals surface area (Å²) in [5, 5.41) is 3.69. The number of hydrogen-bond acceptors (Lipinski definition) is 7. The van der Waals surface area contributed by atoms with Gasteiger partial charge in [-0.15, -0.1) is 0 Å². The Balaban J connectivity index is 1.61. The van der Waals surface area contributed by atoms with Crippen molar-refractivity contribution in [3.8, 4) is 11.3 Å². The number of nitrogens with one attached hydrogen (secondary N) is 1. The number of nitrogens with two attached hydrogens (primary N) is 1. The second-order valence-corrected chi connectivity index (χ2v) is 7.73. The molecule has 4 aromatic rings. The minimum absolute atomic E-state index is 0.180. The SMILES string of the molecule is Cn1cnc2cc(-c3ccc4c(c3)CC(=O)C4)nc(NCc3ccnc(N)c3)c2c1=O. The van der Waals surface area contributed by atoms with Crippen LogP contribution in [0.5, 0.6) is 0 Å². The molecule has 0 saturated carbocycles. The molecule has 0 bridgehead atoms. The monoisotopic (exact) mass is 412 g/mol. The molecule has 3 aromatic heterocycles. The average molecular weight is 412 g/mol. The first-order chi connectivity index (χ1) is 15.0. The Hall–Kier alpha value is -4.07. The lowest BCUT2D eigenvalue weighted by atomic mass is 10.0. The standard InChI is InChI=1S/C23H20N6O2/c1-29-12-27-19-10-18(15-3-2-14-8-17(30)9-16(14)7-15)28-22(21(19)23(29)31)26-11-13-4-5-25-20(24)6-13/h2-7,10,12H,8-9,11H2,1H3,(H2,24,25)(H,26,28). The summed E-state index contributed by atoms with van der Waals surface area (Å²) in [4.78, 5) is 37.8. The normalized spacial score (nSPS) is 12.9. The molecule has 3 N–H and O–H groups in total. The van der Waals surface area contributed by atoms with E-state index in [1.165, 1.54) is 10.9 Å². The van der Waals surface area contributed by atoms with Crippen molar-refractivity contribution in [2.24, 2.45) is 7.05 Å². The van der Waals surface area contributed by atoms with E-state index >= 15 is 0 Å². The number of aryl methyl sites for hydroxylation is 1. The maximum atomic E-state index is 12.8. The summed E-state index contributed by atoms with van der Waals surface area (Å²) >= 11 is 0. The third-order valence-electron chi connectivity index (χ3n) is 5.49. The molecule has 8 heteroatoms. The number of carbonyl (C=O) groups excluding carboxylic acids is 1. The van der Waals surface area contributed by atoms with Gasteiger partial charge >= 0.3 is 0 Å². The molecule has 1 aliphatic carbocycles. The van der Waals surface area contributed by atoms with Gasteiger partial charge in [-0.05, 0) is 41.0 Å². The van der Waals surface area contributed by atoms with Crippen molar-refractivity contribution in [3.63, 3.8) is 0 Å². The molecule has 154 valence electrons. The molecule has 5 rings (SSSR count).